The summed E-state index contributed by atoms with van der Waals surface area (Å²) in [6, 6.07) is -0.607. The molecule has 0 heterocycles. The third-order valence-electron chi connectivity index (χ3n) is 3.24. The molecule has 0 radical (unpaired) electrons. The molecule has 0 aromatic carbocycles. The SMILES string of the molecule is CC(C)(CS)C(=O)NC(CS)C(=O)NCCCCCCN. The van der Waals surface area contributed by atoms with Gasteiger partial charge in [-0.25, -0.2) is 0 Å². The molecular formula is C14H29N3O2S2. The van der Waals surface area contributed by atoms with E-state index in [2.05, 4.69) is 35.9 Å². The van der Waals surface area contributed by atoms with Crippen molar-refractivity contribution in [2.75, 3.05) is 24.6 Å². The molecule has 1 unspecified atom stereocenters. The van der Waals surface area contributed by atoms with E-state index in [1.807, 2.05) is 0 Å². The van der Waals surface area contributed by atoms with Crippen molar-refractivity contribution in [2.24, 2.45) is 11.1 Å². The molecule has 21 heavy (non-hydrogen) atoms. The third-order valence-corrected chi connectivity index (χ3v) is 4.40. The number of rotatable bonds is 11. The van der Waals surface area contributed by atoms with Crippen molar-refractivity contribution >= 4 is 37.1 Å². The van der Waals surface area contributed by atoms with E-state index in [1.54, 1.807) is 13.8 Å². The maximum atomic E-state index is 12.0. The minimum absolute atomic E-state index is 0.186. The van der Waals surface area contributed by atoms with Gasteiger partial charge in [0, 0.05) is 18.1 Å². The number of hydrogen-bond acceptors (Lipinski definition) is 5. The van der Waals surface area contributed by atoms with Crippen molar-refractivity contribution in [3.63, 3.8) is 0 Å². The average Bonchev–Trinajstić information content (AvgIpc) is 2.47. The fourth-order valence-electron chi connectivity index (χ4n) is 1.58. The molecule has 124 valence electrons. The second-order valence-corrected chi connectivity index (χ2v) is 6.43. The molecule has 4 N–H and O–H groups in total. The number of carbonyl (C=O) groups excluding carboxylic acids is 2. The highest BCUT2D eigenvalue weighted by Gasteiger charge is 2.29. The van der Waals surface area contributed by atoms with Crippen LogP contribution in [-0.4, -0.2) is 42.5 Å². The molecule has 0 aliphatic carbocycles. The molecule has 0 aliphatic heterocycles. The lowest BCUT2D eigenvalue weighted by molar-refractivity contribution is -0.132. The lowest BCUT2D eigenvalue weighted by atomic mass is 9.95. The van der Waals surface area contributed by atoms with Crippen LogP contribution in [0.25, 0.3) is 0 Å². The Bertz CT molecular complexity index is 325. The molecule has 0 bridgehead atoms. The zero-order valence-corrected chi connectivity index (χ0v) is 14.8. The summed E-state index contributed by atoms with van der Waals surface area (Å²) in [6.07, 6.45) is 4.06. The zero-order chi connectivity index (χ0) is 16.3. The van der Waals surface area contributed by atoms with Crippen molar-refractivity contribution in [1.29, 1.82) is 0 Å². The Kier molecular flexibility index (Phi) is 11.0. The van der Waals surface area contributed by atoms with E-state index < -0.39 is 11.5 Å². The summed E-state index contributed by atoms with van der Waals surface area (Å²) in [5.74, 6) is 0.315. The van der Waals surface area contributed by atoms with Gasteiger partial charge in [-0.05, 0) is 19.4 Å². The van der Waals surface area contributed by atoms with Gasteiger partial charge < -0.3 is 16.4 Å². The van der Waals surface area contributed by atoms with Crippen LogP contribution in [0.15, 0.2) is 0 Å². The molecule has 0 rings (SSSR count). The maximum absolute atomic E-state index is 12.0. The second kappa shape index (κ2) is 11.2. The minimum atomic E-state index is -0.607. The largest absolute Gasteiger partial charge is 0.354 e. The van der Waals surface area contributed by atoms with E-state index in [4.69, 9.17) is 5.73 Å². The number of nitrogens with one attached hydrogen (secondary N) is 2. The molecule has 5 nitrogen and oxygen atoms in total. The van der Waals surface area contributed by atoms with Crippen LogP contribution < -0.4 is 16.4 Å². The van der Waals surface area contributed by atoms with Crippen molar-refractivity contribution in [3.05, 3.63) is 0 Å². The topological polar surface area (TPSA) is 84.2 Å². The summed E-state index contributed by atoms with van der Waals surface area (Å²) in [5.41, 5.74) is 4.81. The van der Waals surface area contributed by atoms with Gasteiger partial charge in [-0.3, -0.25) is 9.59 Å². The first-order valence-electron chi connectivity index (χ1n) is 7.39. The summed E-state index contributed by atoms with van der Waals surface area (Å²) >= 11 is 8.29. The van der Waals surface area contributed by atoms with Gasteiger partial charge in [0.2, 0.25) is 11.8 Å². The summed E-state index contributed by atoms with van der Waals surface area (Å²) in [5, 5.41) is 5.56. The highest BCUT2D eigenvalue weighted by molar-refractivity contribution is 7.80. The number of nitrogens with two attached hydrogens (primary N) is 1. The number of unbranched alkanes of at least 4 members (excludes halogenated alkanes) is 3. The van der Waals surface area contributed by atoms with E-state index in [1.165, 1.54) is 0 Å². The quantitative estimate of drug-likeness (QED) is 0.288. The first-order chi connectivity index (χ1) is 9.88. The Morgan fingerprint density at radius 1 is 1.14 bits per heavy atom. The lowest BCUT2D eigenvalue weighted by Gasteiger charge is -2.24. The summed E-state index contributed by atoms with van der Waals surface area (Å²) < 4.78 is 0. The Morgan fingerprint density at radius 3 is 2.29 bits per heavy atom. The lowest BCUT2D eigenvalue weighted by Crippen LogP contribution is -2.52. The maximum Gasteiger partial charge on any atom is 0.243 e. The number of carbonyl (C=O) groups is 2. The first kappa shape index (κ1) is 20.6. The van der Waals surface area contributed by atoms with Crippen LogP contribution in [0.1, 0.15) is 39.5 Å². The summed E-state index contributed by atoms with van der Waals surface area (Å²) in [4.78, 5) is 24.0. The molecule has 0 aromatic heterocycles. The molecular weight excluding hydrogens is 306 g/mol. The van der Waals surface area contributed by atoms with E-state index in [-0.39, 0.29) is 17.6 Å². The molecule has 7 heteroatoms. The molecule has 0 aromatic rings. The van der Waals surface area contributed by atoms with Crippen molar-refractivity contribution in [3.8, 4) is 0 Å². The number of hydrogen-bond donors (Lipinski definition) is 5. The normalized spacial score (nSPS) is 12.8. The van der Waals surface area contributed by atoms with Gasteiger partial charge >= 0.3 is 0 Å². The smallest absolute Gasteiger partial charge is 0.243 e. The Hall–Kier alpha value is -0.400. The van der Waals surface area contributed by atoms with E-state index in [9.17, 15) is 9.59 Å². The fourth-order valence-corrected chi connectivity index (χ4v) is 1.98. The van der Waals surface area contributed by atoms with E-state index >= 15 is 0 Å². The Morgan fingerprint density at radius 2 is 1.76 bits per heavy atom. The van der Waals surface area contributed by atoms with Crippen LogP contribution in [0.2, 0.25) is 0 Å². The summed E-state index contributed by atoms with van der Waals surface area (Å²) in [7, 11) is 0. The van der Waals surface area contributed by atoms with Gasteiger partial charge in [0.15, 0.2) is 0 Å². The Balaban J connectivity index is 4.10. The first-order valence-corrected chi connectivity index (χ1v) is 8.66. The zero-order valence-electron chi connectivity index (χ0n) is 13.0. The predicted octanol–water partition coefficient (Wildman–Crippen LogP) is 0.992. The molecule has 0 aliphatic rings. The highest BCUT2D eigenvalue weighted by atomic mass is 32.1. The van der Waals surface area contributed by atoms with Crippen LogP contribution in [0, 0.1) is 5.41 Å². The average molecular weight is 336 g/mol. The second-order valence-electron chi connectivity index (χ2n) is 5.74. The molecule has 0 saturated carbocycles. The van der Waals surface area contributed by atoms with Gasteiger partial charge in [0.25, 0.3) is 0 Å². The van der Waals surface area contributed by atoms with Gasteiger partial charge in [-0.1, -0.05) is 26.7 Å². The van der Waals surface area contributed by atoms with E-state index in [0.717, 1.165) is 25.7 Å². The Labute approximate surface area is 139 Å². The van der Waals surface area contributed by atoms with Crippen molar-refractivity contribution < 1.29 is 9.59 Å². The van der Waals surface area contributed by atoms with Gasteiger partial charge in [-0.15, -0.1) is 0 Å². The van der Waals surface area contributed by atoms with Gasteiger partial charge in [0.05, 0.1) is 5.41 Å². The molecule has 0 fully saturated rings. The van der Waals surface area contributed by atoms with Crippen molar-refractivity contribution in [2.45, 2.75) is 45.6 Å². The van der Waals surface area contributed by atoms with Crippen LogP contribution in [-0.2, 0) is 9.59 Å². The predicted molar refractivity (Wildman–Crippen MR) is 93.9 cm³/mol. The van der Waals surface area contributed by atoms with Crippen LogP contribution in [0.5, 0.6) is 0 Å². The molecule has 0 saturated heterocycles. The van der Waals surface area contributed by atoms with Gasteiger partial charge in [0.1, 0.15) is 6.04 Å². The van der Waals surface area contributed by atoms with E-state index in [0.29, 0.717) is 18.8 Å². The molecule has 1 atom stereocenters. The van der Waals surface area contributed by atoms with Gasteiger partial charge in [-0.2, -0.15) is 25.3 Å². The number of thiol groups is 2. The van der Waals surface area contributed by atoms with Crippen LogP contribution in [0.4, 0.5) is 0 Å². The highest BCUT2D eigenvalue weighted by Crippen LogP contribution is 2.17. The standard InChI is InChI=1S/C14H29N3O2S2/c1-14(2,10-21)13(19)17-11(9-20)12(18)16-8-6-4-3-5-7-15/h11,20-21H,3-10,15H2,1-2H3,(H,16,18)(H,17,19). The number of amides is 2. The van der Waals surface area contributed by atoms with Crippen molar-refractivity contribution in [1.82, 2.24) is 10.6 Å². The molecule has 0 spiro atoms. The van der Waals surface area contributed by atoms with Crippen LogP contribution >= 0.6 is 25.3 Å². The third kappa shape index (κ3) is 8.58. The monoisotopic (exact) mass is 335 g/mol. The molecule has 2 amide bonds. The van der Waals surface area contributed by atoms with Crippen LogP contribution in [0.3, 0.4) is 0 Å². The summed E-state index contributed by atoms with van der Waals surface area (Å²) in [6.45, 7) is 4.90. The fraction of sp³-hybridized carbons (Fsp3) is 0.857. The minimum Gasteiger partial charge on any atom is -0.354 e.